The Labute approximate surface area is 108 Å². The Balaban J connectivity index is 2.06. The molecule has 1 aliphatic rings. The van der Waals surface area contributed by atoms with Gasteiger partial charge in [0.1, 0.15) is 0 Å². The van der Waals surface area contributed by atoms with Gasteiger partial charge < -0.3 is 15.1 Å². The van der Waals surface area contributed by atoms with E-state index in [9.17, 15) is 0 Å². The van der Waals surface area contributed by atoms with Crippen molar-refractivity contribution in [3.63, 3.8) is 0 Å². The number of likely N-dealkylation sites (N-methyl/N-ethyl adjacent to an activating group) is 1. The van der Waals surface area contributed by atoms with Crippen LogP contribution >= 0.6 is 0 Å². The SMILES string of the molecule is CCCN1CCC(NCCN(C)C(C)C)CC1. The van der Waals surface area contributed by atoms with Gasteiger partial charge >= 0.3 is 0 Å². The smallest absolute Gasteiger partial charge is 0.0107 e. The Hall–Kier alpha value is -0.120. The van der Waals surface area contributed by atoms with Gasteiger partial charge in [-0.1, -0.05) is 6.92 Å². The van der Waals surface area contributed by atoms with Crippen LogP contribution in [-0.2, 0) is 0 Å². The lowest BCUT2D eigenvalue weighted by molar-refractivity contribution is 0.192. The van der Waals surface area contributed by atoms with Crippen molar-refractivity contribution < 1.29 is 0 Å². The van der Waals surface area contributed by atoms with Gasteiger partial charge in [0, 0.05) is 25.2 Å². The maximum absolute atomic E-state index is 3.70. The van der Waals surface area contributed by atoms with E-state index in [1.807, 2.05) is 0 Å². The lowest BCUT2D eigenvalue weighted by Crippen LogP contribution is -2.45. The molecule has 1 aliphatic heterocycles. The number of hydrogen-bond acceptors (Lipinski definition) is 3. The van der Waals surface area contributed by atoms with Crippen LogP contribution in [0.3, 0.4) is 0 Å². The van der Waals surface area contributed by atoms with E-state index >= 15 is 0 Å². The Morgan fingerprint density at radius 1 is 1.29 bits per heavy atom. The number of piperidine rings is 1. The van der Waals surface area contributed by atoms with Crippen LogP contribution in [0.25, 0.3) is 0 Å². The second-order valence-corrected chi connectivity index (χ2v) is 5.64. The Morgan fingerprint density at radius 2 is 1.94 bits per heavy atom. The number of nitrogens with one attached hydrogen (secondary N) is 1. The van der Waals surface area contributed by atoms with Gasteiger partial charge in [-0.3, -0.25) is 0 Å². The maximum Gasteiger partial charge on any atom is 0.0107 e. The molecule has 0 aromatic carbocycles. The summed E-state index contributed by atoms with van der Waals surface area (Å²) in [5.41, 5.74) is 0. The molecule has 1 fully saturated rings. The van der Waals surface area contributed by atoms with Gasteiger partial charge in [0.05, 0.1) is 0 Å². The summed E-state index contributed by atoms with van der Waals surface area (Å²) in [5, 5.41) is 3.70. The van der Waals surface area contributed by atoms with E-state index in [4.69, 9.17) is 0 Å². The zero-order valence-corrected chi connectivity index (χ0v) is 12.2. The van der Waals surface area contributed by atoms with Crippen LogP contribution in [0.2, 0.25) is 0 Å². The monoisotopic (exact) mass is 241 g/mol. The van der Waals surface area contributed by atoms with Gasteiger partial charge in [-0.25, -0.2) is 0 Å². The molecule has 102 valence electrons. The highest BCUT2D eigenvalue weighted by Crippen LogP contribution is 2.10. The molecule has 0 atom stereocenters. The molecular weight excluding hydrogens is 210 g/mol. The molecule has 0 unspecified atom stereocenters. The molecule has 3 heteroatoms. The molecular formula is C14H31N3. The predicted molar refractivity (Wildman–Crippen MR) is 75.5 cm³/mol. The largest absolute Gasteiger partial charge is 0.313 e. The quantitative estimate of drug-likeness (QED) is 0.733. The van der Waals surface area contributed by atoms with Crippen LogP contribution in [0.4, 0.5) is 0 Å². The summed E-state index contributed by atoms with van der Waals surface area (Å²) in [7, 11) is 2.20. The first kappa shape index (κ1) is 14.9. The molecule has 1 N–H and O–H groups in total. The normalized spacial score (nSPS) is 19.4. The molecule has 0 spiro atoms. The highest BCUT2D eigenvalue weighted by atomic mass is 15.2. The third kappa shape index (κ3) is 5.84. The van der Waals surface area contributed by atoms with Gasteiger partial charge in [-0.05, 0) is 59.8 Å². The second kappa shape index (κ2) is 8.06. The zero-order valence-electron chi connectivity index (χ0n) is 12.2. The molecule has 3 nitrogen and oxygen atoms in total. The van der Waals surface area contributed by atoms with Crippen LogP contribution < -0.4 is 5.32 Å². The van der Waals surface area contributed by atoms with Crippen molar-refractivity contribution in [1.82, 2.24) is 15.1 Å². The number of rotatable bonds is 7. The minimum absolute atomic E-state index is 0.656. The van der Waals surface area contributed by atoms with Crippen LogP contribution in [0, 0.1) is 0 Å². The maximum atomic E-state index is 3.70. The fourth-order valence-electron chi connectivity index (χ4n) is 2.38. The standard InChI is InChI=1S/C14H31N3/c1-5-9-17-10-6-14(7-11-17)15-8-12-16(4)13(2)3/h13-15H,5-12H2,1-4H3. The fourth-order valence-corrected chi connectivity index (χ4v) is 2.38. The van der Waals surface area contributed by atoms with Gasteiger partial charge in [0.2, 0.25) is 0 Å². The minimum atomic E-state index is 0.656. The van der Waals surface area contributed by atoms with Gasteiger partial charge in [0.15, 0.2) is 0 Å². The van der Waals surface area contributed by atoms with Crippen molar-refractivity contribution in [1.29, 1.82) is 0 Å². The van der Waals surface area contributed by atoms with E-state index in [1.165, 1.54) is 38.9 Å². The first-order valence-corrected chi connectivity index (χ1v) is 7.29. The molecule has 0 aliphatic carbocycles. The summed E-state index contributed by atoms with van der Waals surface area (Å²) < 4.78 is 0. The number of likely N-dealkylation sites (tertiary alicyclic amines) is 1. The van der Waals surface area contributed by atoms with Crippen LogP contribution in [0.1, 0.15) is 40.0 Å². The third-order valence-corrected chi connectivity index (χ3v) is 3.91. The van der Waals surface area contributed by atoms with Crippen molar-refractivity contribution in [2.45, 2.75) is 52.1 Å². The minimum Gasteiger partial charge on any atom is -0.313 e. The van der Waals surface area contributed by atoms with Crippen molar-refractivity contribution in [3.8, 4) is 0 Å². The van der Waals surface area contributed by atoms with Crippen molar-refractivity contribution in [3.05, 3.63) is 0 Å². The summed E-state index contributed by atoms with van der Waals surface area (Å²) in [5.74, 6) is 0. The van der Waals surface area contributed by atoms with E-state index in [-0.39, 0.29) is 0 Å². The van der Waals surface area contributed by atoms with E-state index in [2.05, 4.69) is 42.9 Å². The molecule has 0 aromatic heterocycles. The molecule has 0 aromatic rings. The lowest BCUT2D eigenvalue weighted by Gasteiger charge is -2.32. The first-order valence-electron chi connectivity index (χ1n) is 7.29. The van der Waals surface area contributed by atoms with E-state index in [1.54, 1.807) is 0 Å². The topological polar surface area (TPSA) is 18.5 Å². The van der Waals surface area contributed by atoms with Crippen molar-refractivity contribution in [2.75, 3.05) is 39.8 Å². The lowest BCUT2D eigenvalue weighted by atomic mass is 10.0. The summed E-state index contributed by atoms with van der Waals surface area (Å²) in [6.45, 7) is 12.9. The fraction of sp³-hybridized carbons (Fsp3) is 1.00. The molecule has 1 saturated heterocycles. The first-order chi connectivity index (χ1) is 8.13. The van der Waals surface area contributed by atoms with E-state index < -0.39 is 0 Å². The van der Waals surface area contributed by atoms with Gasteiger partial charge in [-0.2, -0.15) is 0 Å². The Morgan fingerprint density at radius 3 is 2.47 bits per heavy atom. The Bertz CT molecular complexity index is 186. The van der Waals surface area contributed by atoms with Crippen molar-refractivity contribution in [2.24, 2.45) is 0 Å². The number of nitrogens with zero attached hydrogens (tertiary/aromatic N) is 2. The van der Waals surface area contributed by atoms with Gasteiger partial charge in [0.25, 0.3) is 0 Å². The highest BCUT2D eigenvalue weighted by Gasteiger charge is 2.17. The van der Waals surface area contributed by atoms with Crippen LogP contribution in [0.5, 0.6) is 0 Å². The van der Waals surface area contributed by atoms with Crippen LogP contribution in [0.15, 0.2) is 0 Å². The predicted octanol–water partition coefficient (Wildman–Crippen LogP) is 1.79. The average molecular weight is 241 g/mol. The molecule has 0 radical (unpaired) electrons. The molecule has 0 amide bonds. The third-order valence-electron chi connectivity index (χ3n) is 3.91. The molecule has 0 bridgehead atoms. The summed E-state index contributed by atoms with van der Waals surface area (Å²) >= 11 is 0. The summed E-state index contributed by atoms with van der Waals surface area (Å²) in [4.78, 5) is 5.00. The van der Waals surface area contributed by atoms with E-state index in [0.29, 0.717) is 6.04 Å². The summed E-state index contributed by atoms with van der Waals surface area (Å²) in [6.07, 6.45) is 3.94. The van der Waals surface area contributed by atoms with E-state index in [0.717, 1.165) is 19.1 Å². The molecule has 0 saturated carbocycles. The molecule has 1 heterocycles. The van der Waals surface area contributed by atoms with Crippen molar-refractivity contribution >= 4 is 0 Å². The Kier molecular flexibility index (Phi) is 7.09. The second-order valence-electron chi connectivity index (χ2n) is 5.64. The average Bonchev–Trinajstić information content (AvgIpc) is 2.31. The van der Waals surface area contributed by atoms with Crippen LogP contribution in [-0.4, -0.2) is 61.7 Å². The summed E-state index contributed by atoms with van der Waals surface area (Å²) in [6, 6.07) is 1.41. The molecule has 1 rings (SSSR count). The highest BCUT2D eigenvalue weighted by molar-refractivity contribution is 4.77. The zero-order chi connectivity index (χ0) is 12.7. The number of hydrogen-bond donors (Lipinski definition) is 1. The molecule has 17 heavy (non-hydrogen) atoms. The van der Waals surface area contributed by atoms with Gasteiger partial charge in [-0.15, -0.1) is 0 Å².